The molecule has 0 radical (unpaired) electrons. The summed E-state index contributed by atoms with van der Waals surface area (Å²) in [5.74, 6) is -0.0118. The first-order valence-corrected chi connectivity index (χ1v) is 11.7. The van der Waals surface area contributed by atoms with E-state index in [4.69, 9.17) is 0 Å². The van der Waals surface area contributed by atoms with E-state index in [1.807, 2.05) is 0 Å². The van der Waals surface area contributed by atoms with E-state index in [0.717, 1.165) is 29.9 Å². The van der Waals surface area contributed by atoms with Crippen LogP contribution in [0.15, 0.2) is 10.4 Å². The number of amides is 2. The number of nitrogens with one attached hydrogen (secondary N) is 1. The van der Waals surface area contributed by atoms with E-state index in [0.29, 0.717) is 17.2 Å². The highest BCUT2D eigenvalue weighted by Gasteiger charge is 2.32. The summed E-state index contributed by atoms with van der Waals surface area (Å²) >= 11 is 2.79. The fourth-order valence-corrected chi connectivity index (χ4v) is 5.77. The highest BCUT2D eigenvalue weighted by Crippen LogP contribution is 2.32. The minimum absolute atomic E-state index is 0.00679. The lowest BCUT2D eigenvalue weighted by Gasteiger charge is -2.41. The average Bonchev–Trinajstić information content (AvgIpc) is 3.15. The van der Waals surface area contributed by atoms with E-state index >= 15 is 0 Å². The number of esters is 1. The molecule has 0 saturated heterocycles. The van der Waals surface area contributed by atoms with Crippen molar-refractivity contribution in [3.63, 3.8) is 0 Å². The second-order valence-electron chi connectivity index (χ2n) is 7.27. The van der Waals surface area contributed by atoms with Crippen LogP contribution in [0.3, 0.4) is 0 Å². The van der Waals surface area contributed by atoms with Crippen molar-refractivity contribution >= 4 is 40.2 Å². The minimum Gasteiger partial charge on any atom is -0.468 e. The molecule has 27 heavy (non-hydrogen) atoms. The van der Waals surface area contributed by atoms with Crippen LogP contribution in [-0.2, 0) is 9.53 Å². The lowest BCUT2D eigenvalue weighted by molar-refractivity contribution is -0.137. The Balaban J connectivity index is 1.63. The van der Waals surface area contributed by atoms with Gasteiger partial charge in [-0.15, -0.1) is 11.8 Å². The molecular formula is C19H29N3O3S2. The van der Waals surface area contributed by atoms with Gasteiger partial charge in [0.1, 0.15) is 0 Å². The molecule has 8 heteroatoms. The fraction of sp³-hybridized carbons (Fsp3) is 0.737. The van der Waals surface area contributed by atoms with Crippen LogP contribution in [0.25, 0.3) is 0 Å². The van der Waals surface area contributed by atoms with E-state index in [1.165, 1.54) is 68.7 Å². The predicted octanol–water partition coefficient (Wildman–Crippen LogP) is 4.91. The standard InChI is InChI=1S/C19H29N3O3S2/c1-25-16(23)13-26-17-12-20-18(27-17)21-19(24)22(14-8-4-2-5-9-14)15-10-6-3-7-11-15/h12,14-15H,2-11,13H2,1H3,(H,20,21,24). The molecule has 2 saturated carbocycles. The van der Waals surface area contributed by atoms with Gasteiger partial charge in [-0.2, -0.15) is 0 Å². The monoisotopic (exact) mass is 411 g/mol. The molecule has 0 aliphatic heterocycles. The number of ether oxygens (including phenoxy) is 1. The number of carbonyl (C=O) groups excluding carboxylic acids is 2. The molecule has 3 rings (SSSR count). The van der Waals surface area contributed by atoms with Gasteiger partial charge in [0.15, 0.2) is 5.13 Å². The number of anilines is 1. The summed E-state index contributed by atoms with van der Waals surface area (Å²) in [6.45, 7) is 0. The second-order valence-corrected chi connectivity index (χ2v) is 9.58. The number of urea groups is 1. The molecule has 1 aromatic rings. The summed E-state index contributed by atoms with van der Waals surface area (Å²) < 4.78 is 5.56. The molecule has 0 bridgehead atoms. The van der Waals surface area contributed by atoms with Crippen molar-refractivity contribution in [3.05, 3.63) is 6.20 Å². The summed E-state index contributed by atoms with van der Waals surface area (Å²) in [7, 11) is 1.38. The molecular weight excluding hydrogens is 382 g/mol. The number of aromatic nitrogens is 1. The third-order valence-electron chi connectivity index (χ3n) is 5.43. The fourth-order valence-electron chi connectivity index (χ4n) is 4.08. The highest BCUT2D eigenvalue weighted by atomic mass is 32.2. The topological polar surface area (TPSA) is 71.5 Å². The molecule has 2 amide bonds. The number of rotatable bonds is 6. The van der Waals surface area contributed by atoms with Crippen molar-refractivity contribution in [2.45, 2.75) is 80.5 Å². The van der Waals surface area contributed by atoms with Crippen molar-refractivity contribution < 1.29 is 14.3 Å². The Labute approximate surface area is 169 Å². The maximum Gasteiger partial charge on any atom is 0.324 e. The van der Waals surface area contributed by atoms with E-state index in [1.54, 1.807) is 6.20 Å². The van der Waals surface area contributed by atoms with Gasteiger partial charge < -0.3 is 9.64 Å². The number of carbonyl (C=O) groups is 2. The molecule has 1 aromatic heterocycles. The third kappa shape index (κ3) is 5.85. The molecule has 150 valence electrons. The second kappa shape index (κ2) is 10.3. The van der Waals surface area contributed by atoms with Gasteiger partial charge in [0.25, 0.3) is 0 Å². The van der Waals surface area contributed by atoms with Crippen LogP contribution in [0.5, 0.6) is 0 Å². The molecule has 0 unspecified atom stereocenters. The highest BCUT2D eigenvalue weighted by molar-refractivity contribution is 8.01. The number of hydrogen-bond donors (Lipinski definition) is 1. The maximum absolute atomic E-state index is 13.1. The predicted molar refractivity (Wildman–Crippen MR) is 109 cm³/mol. The zero-order chi connectivity index (χ0) is 19.1. The van der Waals surface area contributed by atoms with Crippen molar-refractivity contribution in [1.82, 2.24) is 9.88 Å². The van der Waals surface area contributed by atoms with Crippen molar-refractivity contribution in [3.8, 4) is 0 Å². The van der Waals surface area contributed by atoms with E-state index in [-0.39, 0.29) is 17.8 Å². The van der Waals surface area contributed by atoms with Crippen molar-refractivity contribution in [1.29, 1.82) is 0 Å². The lowest BCUT2D eigenvalue weighted by atomic mass is 9.89. The minimum atomic E-state index is -0.264. The van der Waals surface area contributed by atoms with Crippen LogP contribution in [0.2, 0.25) is 0 Å². The quantitative estimate of drug-likeness (QED) is 0.532. The summed E-state index contributed by atoms with van der Waals surface area (Å²) in [6.07, 6.45) is 13.6. The Hall–Kier alpha value is -1.28. The molecule has 0 spiro atoms. The number of nitrogens with zero attached hydrogens (tertiary/aromatic N) is 2. The number of thioether (sulfide) groups is 1. The van der Waals surface area contributed by atoms with Crippen LogP contribution < -0.4 is 5.32 Å². The Kier molecular flexibility index (Phi) is 7.81. The molecule has 0 aromatic carbocycles. The Bertz CT molecular complexity index is 607. The lowest BCUT2D eigenvalue weighted by Crippen LogP contribution is -2.50. The normalized spacial score (nSPS) is 18.9. The first-order valence-electron chi connectivity index (χ1n) is 9.92. The van der Waals surface area contributed by atoms with Gasteiger partial charge in [-0.05, 0) is 25.7 Å². The van der Waals surface area contributed by atoms with Crippen LogP contribution in [-0.4, -0.2) is 46.8 Å². The Morgan fingerprint density at radius 1 is 1.15 bits per heavy atom. The first kappa shape index (κ1) is 20.5. The van der Waals surface area contributed by atoms with Crippen molar-refractivity contribution in [2.75, 3.05) is 18.2 Å². The van der Waals surface area contributed by atoms with Gasteiger partial charge in [0.2, 0.25) is 0 Å². The SMILES string of the molecule is COC(=O)CSc1cnc(NC(=O)N(C2CCCCC2)C2CCCCC2)s1. The Morgan fingerprint density at radius 2 is 1.74 bits per heavy atom. The van der Waals surface area contributed by atoms with Gasteiger partial charge in [-0.1, -0.05) is 49.9 Å². The van der Waals surface area contributed by atoms with E-state index < -0.39 is 0 Å². The van der Waals surface area contributed by atoms with Gasteiger partial charge in [-0.3, -0.25) is 10.1 Å². The maximum atomic E-state index is 13.1. The molecule has 1 heterocycles. The average molecular weight is 412 g/mol. The van der Waals surface area contributed by atoms with Crippen molar-refractivity contribution in [2.24, 2.45) is 0 Å². The largest absolute Gasteiger partial charge is 0.468 e. The summed E-state index contributed by atoms with van der Waals surface area (Å²) in [5, 5.41) is 3.62. The van der Waals surface area contributed by atoms with Crippen LogP contribution in [0, 0.1) is 0 Å². The molecule has 0 atom stereocenters. The van der Waals surface area contributed by atoms with Gasteiger partial charge in [0, 0.05) is 12.1 Å². The molecule has 2 fully saturated rings. The van der Waals surface area contributed by atoms with Crippen LogP contribution in [0.1, 0.15) is 64.2 Å². The zero-order valence-corrected chi connectivity index (χ0v) is 17.6. The smallest absolute Gasteiger partial charge is 0.324 e. The van der Waals surface area contributed by atoms with Gasteiger partial charge >= 0.3 is 12.0 Å². The first-order chi connectivity index (χ1) is 13.2. The van der Waals surface area contributed by atoms with Gasteiger partial charge in [-0.25, -0.2) is 9.78 Å². The number of thiazole rings is 1. The molecule has 1 N–H and O–H groups in total. The summed E-state index contributed by atoms with van der Waals surface area (Å²) in [4.78, 5) is 30.9. The third-order valence-corrected chi connectivity index (χ3v) is 7.51. The van der Waals surface area contributed by atoms with Gasteiger partial charge in [0.05, 0.1) is 23.3 Å². The van der Waals surface area contributed by atoms with Crippen LogP contribution in [0.4, 0.5) is 9.93 Å². The molecule has 2 aliphatic carbocycles. The summed E-state index contributed by atoms with van der Waals surface area (Å²) in [5.41, 5.74) is 0. The molecule has 2 aliphatic rings. The number of hydrogen-bond acceptors (Lipinski definition) is 6. The Morgan fingerprint density at radius 3 is 2.30 bits per heavy atom. The van der Waals surface area contributed by atoms with Crippen LogP contribution >= 0.6 is 23.1 Å². The van der Waals surface area contributed by atoms with E-state index in [2.05, 4.69) is 19.9 Å². The molecule has 6 nitrogen and oxygen atoms in total. The number of methoxy groups -OCH3 is 1. The zero-order valence-electron chi connectivity index (χ0n) is 15.9. The summed E-state index contributed by atoms with van der Waals surface area (Å²) in [6, 6.07) is 0.706. The van der Waals surface area contributed by atoms with E-state index in [9.17, 15) is 9.59 Å².